The van der Waals surface area contributed by atoms with E-state index < -0.39 is 17.8 Å². The van der Waals surface area contributed by atoms with Gasteiger partial charge in [0, 0.05) is 36.3 Å². The molecule has 2 aromatic rings. The lowest BCUT2D eigenvalue weighted by molar-refractivity contribution is -0.147. The van der Waals surface area contributed by atoms with Crippen LogP contribution in [0.3, 0.4) is 0 Å². The number of hydrogen-bond acceptors (Lipinski definition) is 5. The lowest BCUT2D eigenvalue weighted by Crippen LogP contribution is -2.36. The fraction of sp³-hybridized carbons (Fsp3) is 0.250. The van der Waals surface area contributed by atoms with Crippen LogP contribution in [0.5, 0.6) is 0 Å². The van der Waals surface area contributed by atoms with E-state index in [0.717, 1.165) is 5.56 Å². The van der Waals surface area contributed by atoms with Crippen LogP contribution in [0, 0.1) is 17.2 Å². The van der Waals surface area contributed by atoms with E-state index in [2.05, 4.69) is 6.07 Å². The van der Waals surface area contributed by atoms with Crippen LogP contribution in [0.25, 0.3) is 0 Å². The Morgan fingerprint density at radius 2 is 1.76 bits per heavy atom. The van der Waals surface area contributed by atoms with Gasteiger partial charge in [-0.15, -0.1) is 0 Å². The lowest BCUT2D eigenvalue weighted by Gasteiger charge is -2.35. The minimum absolute atomic E-state index is 0.0368. The Morgan fingerprint density at radius 3 is 2.45 bits per heavy atom. The molecule has 0 aromatic heterocycles. The highest BCUT2D eigenvalue weighted by Gasteiger charge is 2.44. The average Bonchev–Trinajstić information content (AvgIpc) is 2.75. The van der Waals surface area contributed by atoms with Crippen molar-refractivity contribution in [2.75, 3.05) is 0 Å². The van der Waals surface area contributed by atoms with Crippen LogP contribution < -0.4 is 0 Å². The van der Waals surface area contributed by atoms with Gasteiger partial charge in [-0.05, 0) is 24.1 Å². The van der Waals surface area contributed by atoms with Crippen LogP contribution in [0.1, 0.15) is 53.1 Å². The van der Waals surface area contributed by atoms with Crippen LogP contribution in [0.15, 0.2) is 65.9 Å². The summed E-state index contributed by atoms with van der Waals surface area (Å²) in [6, 6.07) is 17.7. The highest BCUT2D eigenvalue weighted by atomic mass is 16.5. The fourth-order valence-electron chi connectivity index (χ4n) is 4.13. The average molecular weight is 385 g/mol. The number of carbonyl (C=O) groups excluding carboxylic acids is 3. The molecule has 2 aromatic carbocycles. The van der Waals surface area contributed by atoms with Crippen LogP contribution in [0.4, 0.5) is 0 Å². The van der Waals surface area contributed by atoms with Crippen molar-refractivity contribution in [2.24, 2.45) is 5.92 Å². The maximum Gasteiger partial charge on any atom is 0.315 e. The van der Waals surface area contributed by atoms with Gasteiger partial charge in [0.25, 0.3) is 0 Å². The minimum atomic E-state index is -0.781. The molecule has 0 bridgehead atoms. The van der Waals surface area contributed by atoms with Crippen LogP contribution in [-0.2, 0) is 14.3 Å². The third-order valence-electron chi connectivity index (χ3n) is 5.55. The number of hydrogen-bond donors (Lipinski definition) is 0. The number of nitriles is 1. The third kappa shape index (κ3) is 3.62. The summed E-state index contributed by atoms with van der Waals surface area (Å²) < 4.78 is 5.52. The second kappa shape index (κ2) is 7.84. The van der Waals surface area contributed by atoms with Gasteiger partial charge in [0.15, 0.2) is 11.6 Å². The van der Waals surface area contributed by atoms with Gasteiger partial charge in [-0.3, -0.25) is 14.4 Å². The van der Waals surface area contributed by atoms with E-state index in [1.807, 2.05) is 6.07 Å². The normalized spacial score (nSPS) is 21.2. The van der Waals surface area contributed by atoms with E-state index in [1.54, 1.807) is 48.5 Å². The molecule has 0 saturated carbocycles. The first-order chi connectivity index (χ1) is 14.1. The third-order valence-corrected chi connectivity index (χ3v) is 5.55. The van der Waals surface area contributed by atoms with Gasteiger partial charge in [-0.1, -0.05) is 42.5 Å². The van der Waals surface area contributed by atoms with Gasteiger partial charge in [0.2, 0.25) is 0 Å². The SMILES string of the molecule is N#Cc1ccc(C2C3=C(CCCC3=O)OC(=O)[C@@H]2CC(=O)c2ccccc2)cc1. The summed E-state index contributed by atoms with van der Waals surface area (Å²) in [5.74, 6) is -1.57. The summed E-state index contributed by atoms with van der Waals surface area (Å²) in [6.45, 7) is 0. The Hall–Kier alpha value is -3.52. The first-order valence-corrected chi connectivity index (χ1v) is 9.64. The van der Waals surface area contributed by atoms with Crippen molar-refractivity contribution in [1.82, 2.24) is 0 Å². The van der Waals surface area contributed by atoms with E-state index >= 15 is 0 Å². The minimum Gasteiger partial charge on any atom is -0.430 e. The van der Waals surface area contributed by atoms with Crippen molar-refractivity contribution in [3.8, 4) is 6.07 Å². The van der Waals surface area contributed by atoms with Crippen molar-refractivity contribution >= 4 is 17.5 Å². The second-order valence-corrected chi connectivity index (χ2v) is 7.35. The van der Waals surface area contributed by atoms with Gasteiger partial charge >= 0.3 is 5.97 Å². The Morgan fingerprint density at radius 1 is 1.03 bits per heavy atom. The zero-order chi connectivity index (χ0) is 20.4. The molecule has 1 aliphatic carbocycles. The molecule has 1 heterocycles. The molecule has 29 heavy (non-hydrogen) atoms. The molecule has 1 unspecified atom stereocenters. The molecule has 5 nitrogen and oxygen atoms in total. The number of Topliss-reactive ketones (excluding diaryl/α,β-unsaturated/α-hetero) is 2. The van der Waals surface area contributed by atoms with Gasteiger partial charge in [-0.2, -0.15) is 5.26 Å². The topological polar surface area (TPSA) is 84.2 Å². The summed E-state index contributed by atoms with van der Waals surface area (Å²) in [5, 5.41) is 9.08. The van der Waals surface area contributed by atoms with E-state index in [4.69, 9.17) is 10.00 Å². The molecule has 144 valence electrons. The molecule has 0 N–H and O–H groups in total. The van der Waals surface area contributed by atoms with Crippen molar-refractivity contribution in [3.63, 3.8) is 0 Å². The van der Waals surface area contributed by atoms with Crippen molar-refractivity contribution in [1.29, 1.82) is 5.26 Å². The standard InChI is InChI=1S/C24H19NO4/c25-14-15-9-11-17(12-10-15)22-18(13-20(27)16-5-2-1-3-6-16)24(28)29-21-8-4-7-19(26)23(21)22/h1-3,5-6,9-12,18,22H,4,7-8,13H2/t18-,22?/m1/s1. The van der Waals surface area contributed by atoms with Gasteiger partial charge in [-0.25, -0.2) is 0 Å². The zero-order valence-electron chi connectivity index (χ0n) is 15.8. The molecule has 0 saturated heterocycles. The molecule has 2 atom stereocenters. The summed E-state index contributed by atoms with van der Waals surface area (Å²) >= 11 is 0. The highest BCUT2D eigenvalue weighted by molar-refractivity contribution is 6.03. The predicted octanol–water partition coefficient (Wildman–Crippen LogP) is 4.09. The fourth-order valence-corrected chi connectivity index (χ4v) is 4.13. The number of ketones is 2. The zero-order valence-corrected chi connectivity index (χ0v) is 15.8. The maximum atomic E-state index is 12.9. The number of ether oxygens (including phenoxy) is 1. The first-order valence-electron chi connectivity index (χ1n) is 9.64. The first kappa shape index (κ1) is 18.8. The number of carbonyl (C=O) groups is 3. The Kier molecular flexibility index (Phi) is 5.09. The predicted molar refractivity (Wildman–Crippen MR) is 105 cm³/mol. The smallest absolute Gasteiger partial charge is 0.315 e. The molecule has 4 rings (SSSR count). The highest BCUT2D eigenvalue weighted by Crippen LogP contribution is 2.45. The molecule has 5 heteroatoms. The maximum absolute atomic E-state index is 12.9. The number of allylic oxidation sites excluding steroid dienone is 2. The Labute approximate surface area is 168 Å². The van der Waals surface area contributed by atoms with Gasteiger partial charge in [0.1, 0.15) is 5.76 Å². The molecular weight excluding hydrogens is 366 g/mol. The summed E-state index contributed by atoms with van der Waals surface area (Å²) in [6.07, 6.45) is 1.55. The van der Waals surface area contributed by atoms with Crippen LogP contribution >= 0.6 is 0 Å². The monoisotopic (exact) mass is 385 g/mol. The largest absolute Gasteiger partial charge is 0.430 e. The number of benzene rings is 2. The van der Waals surface area contributed by atoms with Crippen LogP contribution in [-0.4, -0.2) is 17.5 Å². The molecule has 0 amide bonds. The molecule has 2 aliphatic rings. The van der Waals surface area contributed by atoms with E-state index in [1.165, 1.54) is 0 Å². The van der Waals surface area contributed by atoms with E-state index in [0.29, 0.717) is 41.7 Å². The van der Waals surface area contributed by atoms with Crippen molar-refractivity contribution < 1.29 is 19.1 Å². The summed E-state index contributed by atoms with van der Waals surface area (Å²) in [7, 11) is 0. The summed E-state index contributed by atoms with van der Waals surface area (Å²) in [5.41, 5.74) is 2.27. The number of rotatable bonds is 4. The van der Waals surface area contributed by atoms with E-state index in [-0.39, 0.29) is 18.0 Å². The quantitative estimate of drug-likeness (QED) is 0.584. The Bertz CT molecular complexity index is 1040. The molecular formula is C24H19NO4. The number of nitrogens with zero attached hydrogens (tertiary/aromatic N) is 1. The van der Waals surface area contributed by atoms with Crippen molar-refractivity contribution in [2.45, 2.75) is 31.6 Å². The molecule has 0 radical (unpaired) electrons. The Balaban J connectivity index is 1.76. The molecule has 1 aliphatic heterocycles. The second-order valence-electron chi connectivity index (χ2n) is 7.35. The molecule has 0 spiro atoms. The molecule has 0 fully saturated rings. The van der Waals surface area contributed by atoms with Crippen LogP contribution in [0.2, 0.25) is 0 Å². The lowest BCUT2D eigenvalue weighted by atomic mass is 9.72. The van der Waals surface area contributed by atoms with E-state index in [9.17, 15) is 14.4 Å². The van der Waals surface area contributed by atoms with Crippen molar-refractivity contribution in [3.05, 3.63) is 82.6 Å². The van der Waals surface area contributed by atoms with Gasteiger partial charge in [0.05, 0.1) is 17.6 Å². The summed E-state index contributed by atoms with van der Waals surface area (Å²) in [4.78, 5) is 38.4. The number of esters is 1. The van der Waals surface area contributed by atoms with Gasteiger partial charge < -0.3 is 4.74 Å².